The highest BCUT2D eigenvalue weighted by molar-refractivity contribution is 7.89. The zero-order valence-electron chi connectivity index (χ0n) is 19.9. The van der Waals surface area contributed by atoms with Gasteiger partial charge in [-0.25, -0.2) is 21.6 Å². The third-order valence-electron chi connectivity index (χ3n) is 5.53. The molecular weight excluding hydrogens is 480 g/mol. The molecule has 3 rings (SSSR count). The van der Waals surface area contributed by atoms with Gasteiger partial charge in [0, 0.05) is 19.6 Å². The summed E-state index contributed by atoms with van der Waals surface area (Å²) in [5.41, 5.74) is 1.41. The van der Waals surface area contributed by atoms with Crippen LogP contribution in [0.3, 0.4) is 0 Å². The van der Waals surface area contributed by atoms with Gasteiger partial charge in [0.25, 0.3) is 0 Å². The van der Waals surface area contributed by atoms with E-state index in [1.807, 2.05) is 13.8 Å². The van der Waals surface area contributed by atoms with Crippen molar-refractivity contribution in [3.63, 3.8) is 0 Å². The summed E-state index contributed by atoms with van der Waals surface area (Å²) in [7, 11) is -5.76. The molecule has 11 heteroatoms. The number of rotatable bonds is 10. The number of sulfonamides is 2. The van der Waals surface area contributed by atoms with Gasteiger partial charge >= 0.3 is 0 Å². The first-order chi connectivity index (χ1) is 16.1. The fourth-order valence-electron chi connectivity index (χ4n) is 3.66. The smallest absolute Gasteiger partial charge is 0.243 e. The minimum Gasteiger partial charge on any atom is -0.496 e. The molecule has 0 spiro atoms. The fraction of sp³-hybridized carbons (Fsp3) is 0.478. The Morgan fingerprint density at radius 2 is 1.71 bits per heavy atom. The number of ether oxygens (including phenoxy) is 3. The van der Waals surface area contributed by atoms with Gasteiger partial charge in [0.2, 0.25) is 20.0 Å². The summed E-state index contributed by atoms with van der Waals surface area (Å²) >= 11 is 0. The summed E-state index contributed by atoms with van der Waals surface area (Å²) in [6.07, 6.45) is 0. The maximum absolute atomic E-state index is 12.9. The first-order valence-corrected chi connectivity index (χ1v) is 14.0. The maximum Gasteiger partial charge on any atom is 0.243 e. The van der Waals surface area contributed by atoms with Gasteiger partial charge in [-0.2, -0.15) is 4.31 Å². The lowest BCUT2D eigenvalue weighted by Crippen LogP contribution is -2.40. The average Bonchev–Trinajstić information content (AvgIpc) is 2.82. The number of hydrogen-bond acceptors (Lipinski definition) is 7. The van der Waals surface area contributed by atoms with Crippen LogP contribution in [0.15, 0.2) is 46.2 Å². The third kappa shape index (κ3) is 6.08. The zero-order chi connectivity index (χ0) is 24.9. The van der Waals surface area contributed by atoms with Crippen molar-refractivity contribution in [1.29, 1.82) is 0 Å². The first-order valence-electron chi connectivity index (χ1n) is 11.0. The zero-order valence-corrected chi connectivity index (χ0v) is 21.5. The molecule has 9 nitrogen and oxygen atoms in total. The molecule has 1 heterocycles. The molecule has 0 unspecified atom stereocenters. The lowest BCUT2D eigenvalue weighted by molar-refractivity contribution is 0.0730. The molecule has 0 radical (unpaired) electrons. The third-order valence-corrected chi connectivity index (χ3v) is 9.05. The Balaban J connectivity index is 1.59. The Bertz CT molecular complexity index is 1190. The van der Waals surface area contributed by atoms with Crippen LogP contribution in [0.25, 0.3) is 0 Å². The minimum absolute atomic E-state index is 0.0542. The number of aryl methyl sites for hydroxylation is 1. The molecule has 1 aliphatic rings. The van der Waals surface area contributed by atoms with E-state index in [2.05, 4.69) is 4.72 Å². The molecule has 1 saturated heterocycles. The molecule has 0 saturated carbocycles. The number of morpholine rings is 1. The van der Waals surface area contributed by atoms with Crippen LogP contribution in [0.1, 0.15) is 30.9 Å². The normalized spacial score (nSPS) is 15.4. The predicted octanol–water partition coefficient (Wildman–Crippen LogP) is 2.51. The molecule has 1 fully saturated rings. The highest BCUT2D eigenvalue weighted by Crippen LogP contribution is 2.31. The van der Waals surface area contributed by atoms with Crippen LogP contribution < -0.4 is 14.2 Å². The van der Waals surface area contributed by atoms with Gasteiger partial charge in [-0.05, 0) is 60.4 Å². The van der Waals surface area contributed by atoms with E-state index in [1.165, 1.54) is 16.4 Å². The SMILES string of the molecule is COc1cc(C)c(S(=O)(=O)NCCOc2ccc(S(=O)(=O)N3CCOCC3)cc2)cc1C(C)C. The van der Waals surface area contributed by atoms with E-state index >= 15 is 0 Å². The summed E-state index contributed by atoms with van der Waals surface area (Å²) in [6, 6.07) is 9.47. The van der Waals surface area contributed by atoms with Crippen molar-refractivity contribution in [2.45, 2.75) is 36.5 Å². The summed E-state index contributed by atoms with van der Waals surface area (Å²) in [4.78, 5) is 0.382. The molecule has 0 aromatic heterocycles. The lowest BCUT2D eigenvalue weighted by Gasteiger charge is -2.26. The Hall–Kier alpha value is -2.18. The van der Waals surface area contributed by atoms with Crippen molar-refractivity contribution in [2.24, 2.45) is 0 Å². The largest absolute Gasteiger partial charge is 0.496 e. The van der Waals surface area contributed by atoms with Crippen LogP contribution >= 0.6 is 0 Å². The Morgan fingerprint density at radius 1 is 1.06 bits per heavy atom. The van der Waals surface area contributed by atoms with E-state index in [0.717, 1.165) is 5.56 Å². The van der Waals surface area contributed by atoms with E-state index in [1.54, 1.807) is 38.3 Å². The lowest BCUT2D eigenvalue weighted by atomic mass is 10.0. The van der Waals surface area contributed by atoms with Crippen molar-refractivity contribution in [3.8, 4) is 11.5 Å². The topological polar surface area (TPSA) is 111 Å². The maximum atomic E-state index is 12.9. The van der Waals surface area contributed by atoms with E-state index in [-0.39, 0.29) is 28.9 Å². The summed E-state index contributed by atoms with van der Waals surface area (Å²) in [5.74, 6) is 1.21. The van der Waals surface area contributed by atoms with Crippen LogP contribution in [0.5, 0.6) is 11.5 Å². The van der Waals surface area contributed by atoms with Crippen LogP contribution in [0.4, 0.5) is 0 Å². The minimum atomic E-state index is -3.75. The monoisotopic (exact) mass is 512 g/mol. The molecule has 0 amide bonds. The van der Waals surface area contributed by atoms with Gasteiger partial charge in [0.1, 0.15) is 18.1 Å². The Kier molecular flexibility index (Phi) is 8.58. The Labute approximate surface area is 202 Å². The van der Waals surface area contributed by atoms with E-state index < -0.39 is 20.0 Å². The quantitative estimate of drug-likeness (QED) is 0.487. The van der Waals surface area contributed by atoms with Crippen LogP contribution in [-0.2, 0) is 24.8 Å². The van der Waals surface area contributed by atoms with Gasteiger partial charge < -0.3 is 14.2 Å². The van der Waals surface area contributed by atoms with Gasteiger partial charge in [0.05, 0.1) is 30.1 Å². The molecule has 1 aliphatic heterocycles. The van der Waals surface area contributed by atoms with E-state index in [4.69, 9.17) is 14.2 Å². The van der Waals surface area contributed by atoms with Crippen molar-refractivity contribution in [2.75, 3.05) is 46.6 Å². The second-order valence-corrected chi connectivity index (χ2v) is 11.9. The summed E-state index contributed by atoms with van der Waals surface area (Å²) in [6.45, 7) is 7.23. The first kappa shape index (κ1) is 26.4. The standard InChI is InChI=1S/C23H32N2O7S2/c1-17(2)21-16-23(18(3)15-22(21)30-4)33(26,27)24-9-12-32-19-5-7-20(8-6-19)34(28,29)25-10-13-31-14-11-25/h5-8,15-17,24H,9-14H2,1-4H3. The van der Waals surface area contributed by atoms with Gasteiger partial charge in [-0.3, -0.25) is 0 Å². The molecule has 2 aromatic carbocycles. The second-order valence-electron chi connectivity index (χ2n) is 8.25. The molecule has 0 bridgehead atoms. The highest BCUT2D eigenvalue weighted by atomic mass is 32.2. The molecule has 2 aromatic rings. The molecule has 34 heavy (non-hydrogen) atoms. The molecule has 1 N–H and O–H groups in total. The van der Waals surface area contributed by atoms with Crippen LogP contribution in [-0.4, -0.2) is 67.7 Å². The van der Waals surface area contributed by atoms with Crippen LogP contribution in [0, 0.1) is 6.92 Å². The number of nitrogens with one attached hydrogen (secondary N) is 1. The highest BCUT2D eigenvalue weighted by Gasteiger charge is 2.26. The van der Waals surface area contributed by atoms with Crippen molar-refractivity contribution in [3.05, 3.63) is 47.5 Å². The van der Waals surface area contributed by atoms with Gasteiger partial charge in [-0.1, -0.05) is 13.8 Å². The molecular formula is C23H32N2O7S2. The number of methoxy groups -OCH3 is 1. The number of nitrogens with zero attached hydrogens (tertiary/aromatic N) is 1. The summed E-state index contributed by atoms with van der Waals surface area (Å²) < 4.78 is 71.2. The van der Waals surface area contributed by atoms with Crippen molar-refractivity contribution in [1.82, 2.24) is 9.03 Å². The second kappa shape index (κ2) is 11.0. The molecule has 0 atom stereocenters. The number of hydrogen-bond donors (Lipinski definition) is 1. The van der Waals surface area contributed by atoms with Gasteiger partial charge in [0.15, 0.2) is 0 Å². The van der Waals surface area contributed by atoms with Crippen molar-refractivity contribution < 1.29 is 31.0 Å². The fourth-order valence-corrected chi connectivity index (χ4v) is 6.34. The van der Waals surface area contributed by atoms with Crippen LogP contribution in [0.2, 0.25) is 0 Å². The van der Waals surface area contributed by atoms with Crippen molar-refractivity contribution >= 4 is 20.0 Å². The predicted molar refractivity (Wildman–Crippen MR) is 129 cm³/mol. The van der Waals surface area contributed by atoms with E-state index in [0.29, 0.717) is 43.4 Å². The Morgan fingerprint density at radius 3 is 2.29 bits per heavy atom. The summed E-state index contributed by atoms with van der Waals surface area (Å²) in [5, 5.41) is 0. The number of benzene rings is 2. The van der Waals surface area contributed by atoms with E-state index in [9.17, 15) is 16.8 Å². The molecule has 188 valence electrons. The average molecular weight is 513 g/mol. The van der Waals surface area contributed by atoms with Gasteiger partial charge in [-0.15, -0.1) is 0 Å². The molecule has 0 aliphatic carbocycles.